The topological polar surface area (TPSA) is 78.9 Å². The first-order valence-electron chi connectivity index (χ1n) is 10.5. The molecule has 0 spiro atoms. The molecule has 34 heavy (non-hydrogen) atoms. The molecule has 0 saturated heterocycles. The van der Waals surface area contributed by atoms with E-state index in [-0.39, 0.29) is 13.2 Å². The summed E-state index contributed by atoms with van der Waals surface area (Å²) in [5.74, 6) is -1.07. The number of carbonyl (C=O) groups excluding carboxylic acids is 3. The Morgan fingerprint density at radius 1 is 0.794 bits per heavy atom. The summed E-state index contributed by atoms with van der Waals surface area (Å²) in [4.78, 5) is 34.8. The minimum atomic E-state index is -0.565. The predicted molar refractivity (Wildman–Crippen MR) is 129 cm³/mol. The van der Waals surface area contributed by atoms with Gasteiger partial charge >= 0.3 is 17.9 Å². The molecule has 0 aliphatic carbocycles. The number of esters is 3. The van der Waals surface area contributed by atoms with Crippen LogP contribution in [0, 0.1) is 0 Å². The lowest BCUT2D eigenvalue weighted by Gasteiger charge is -2.09. The zero-order valence-corrected chi connectivity index (χ0v) is 18.8. The SMILES string of the molecule is C=CC(=O)OCCOC(=O)c1ccc(-c2cccc(-c3ccc(OC(=O)C(=C)C)cc3)c2)cc1. The van der Waals surface area contributed by atoms with Gasteiger partial charge in [0.2, 0.25) is 0 Å². The van der Waals surface area contributed by atoms with Gasteiger partial charge in [-0.2, -0.15) is 0 Å². The van der Waals surface area contributed by atoms with Gasteiger partial charge in [-0.05, 0) is 59.5 Å². The summed E-state index contributed by atoms with van der Waals surface area (Å²) in [5.41, 5.74) is 4.61. The molecule has 0 aromatic heterocycles. The molecule has 3 rings (SSSR count). The Hall–Kier alpha value is -4.45. The molecule has 0 aliphatic rings. The van der Waals surface area contributed by atoms with Crippen molar-refractivity contribution in [1.29, 1.82) is 0 Å². The fraction of sp³-hybridized carbons (Fsp3) is 0.107. The van der Waals surface area contributed by atoms with Crippen LogP contribution in [0.4, 0.5) is 0 Å². The molecule has 0 fully saturated rings. The monoisotopic (exact) mass is 456 g/mol. The molecule has 0 unspecified atom stereocenters. The van der Waals surface area contributed by atoms with Crippen molar-refractivity contribution in [3.63, 3.8) is 0 Å². The van der Waals surface area contributed by atoms with Crippen LogP contribution in [0.2, 0.25) is 0 Å². The fourth-order valence-corrected chi connectivity index (χ4v) is 3.01. The number of ether oxygens (including phenoxy) is 3. The molecule has 6 nitrogen and oxygen atoms in total. The summed E-state index contributed by atoms with van der Waals surface area (Å²) >= 11 is 0. The summed E-state index contributed by atoms with van der Waals surface area (Å²) in [6.45, 7) is 8.41. The van der Waals surface area contributed by atoms with Crippen molar-refractivity contribution in [1.82, 2.24) is 0 Å². The zero-order valence-electron chi connectivity index (χ0n) is 18.8. The second-order valence-corrected chi connectivity index (χ2v) is 7.36. The number of benzene rings is 3. The molecule has 0 radical (unpaired) electrons. The molecule has 0 bridgehead atoms. The lowest BCUT2D eigenvalue weighted by molar-refractivity contribution is -0.138. The van der Waals surface area contributed by atoms with E-state index in [9.17, 15) is 14.4 Å². The highest BCUT2D eigenvalue weighted by molar-refractivity contribution is 5.90. The van der Waals surface area contributed by atoms with E-state index in [2.05, 4.69) is 13.2 Å². The molecular weight excluding hydrogens is 432 g/mol. The van der Waals surface area contributed by atoms with Gasteiger partial charge in [-0.3, -0.25) is 0 Å². The van der Waals surface area contributed by atoms with E-state index in [1.54, 1.807) is 31.2 Å². The zero-order chi connectivity index (χ0) is 24.5. The van der Waals surface area contributed by atoms with Gasteiger partial charge in [0.1, 0.15) is 19.0 Å². The van der Waals surface area contributed by atoms with Crippen LogP contribution in [0.1, 0.15) is 17.3 Å². The summed E-state index contributed by atoms with van der Waals surface area (Å²) in [6, 6.07) is 22.2. The third kappa shape index (κ3) is 6.53. The van der Waals surface area contributed by atoms with Crippen LogP contribution in [0.25, 0.3) is 22.3 Å². The lowest BCUT2D eigenvalue weighted by Crippen LogP contribution is -2.12. The average Bonchev–Trinajstić information content (AvgIpc) is 2.86. The van der Waals surface area contributed by atoms with E-state index >= 15 is 0 Å². The van der Waals surface area contributed by atoms with Crippen LogP contribution < -0.4 is 4.74 Å². The first-order chi connectivity index (χ1) is 16.4. The van der Waals surface area contributed by atoms with E-state index in [1.807, 2.05) is 48.5 Å². The third-order valence-corrected chi connectivity index (χ3v) is 4.79. The van der Waals surface area contributed by atoms with Gasteiger partial charge < -0.3 is 14.2 Å². The maximum atomic E-state index is 12.2. The smallest absolute Gasteiger partial charge is 0.338 e. The van der Waals surface area contributed by atoms with Crippen molar-refractivity contribution < 1.29 is 28.6 Å². The molecule has 0 saturated carbocycles. The second kappa shape index (κ2) is 11.4. The first kappa shape index (κ1) is 24.2. The van der Waals surface area contributed by atoms with Crippen molar-refractivity contribution in [3.05, 3.63) is 103 Å². The highest BCUT2D eigenvalue weighted by Crippen LogP contribution is 2.28. The highest BCUT2D eigenvalue weighted by Gasteiger charge is 2.09. The quantitative estimate of drug-likeness (QED) is 0.186. The highest BCUT2D eigenvalue weighted by atomic mass is 16.6. The summed E-state index contributed by atoms with van der Waals surface area (Å²) < 4.78 is 15.1. The van der Waals surface area contributed by atoms with Gasteiger partial charge in [-0.25, -0.2) is 14.4 Å². The molecule has 3 aromatic rings. The first-order valence-corrected chi connectivity index (χ1v) is 10.5. The Morgan fingerprint density at radius 3 is 1.91 bits per heavy atom. The Labute approximate surface area is 198 Å². The van der Waals surface area contributed by atoms with Crippen LogP contribution >= 0.6 is 0 Å². The molecule has 0 N–H and O–H groups in total. The molecule has 0 heterocycles. The molecular formula is C28H24O6. The molecule has 0 amide bonds. The van der Waals surface area contributed by atoms with Crippen molar-refractivity contribution in [2.24, 2.45) is 0 Å². The average molecular weight is 456 g/mol. The fourth-order valence-electron chi connectivity index (χ4n) is 3.01. The van der Waals surface area contributed by atoms with Crippen molar-refractivity contribution in [2.75, 3.05) is 13.2 Å². The van der Waals surface area contributed by atoms with Gasteiger partial charge in [0.25, 0.3) is 0 Å². The molecule has 172 valence electrons. The summed E-state index contributed by atoms with van der Waals surface area (Å²) in [7, 11) is 0. The van der Waals surface area contributed by atoms with E-state index in [0.29, 0.717) is 16.9 Å². The van der Waals surface area contributed by atoms with Gasteiger partial charge in [0.05, 0.1) is 5.56 Å². The molecule has 0 atom stereocenters. The Kier molecular flexibility index (Phi) is 8.13. The number of carbonyl (C=O) groups is 3. The molecule has 3 aromatic carbocycles. The largest absolute Gasteiger partial charge is 0.459 e. The number of hydrogen-bond acceptors (Lipinski definition) is 6. The molecule has 6 heteroatoms. The van der Waals surface area contributed by atoms with Gasteiger partial charge in [0, 0.05) is 11.6 Å². The second-order valence-electron chi connectivity index (χ2n) is 7.36. The van der Waals surface area contributed by atoms with Crippen LogP contribution in [-0.2, 0) is 19.1 Å². The van der Waals surface area contributed by atoms with E-state index in [0.717, 1.165) is 28.3 Å². The van der Waals surface area contributed by atoms with Crippen LogP contribution in [0.15, 0.2) is 97.6 Å². The van der Waals surface area contributed by atoms with E-state index in [4.69, 9.17) is 14.2 Å². The van der Waals surface area contributed by atoms with Crippen LogP contribution in [0.3, 0.4) is 0 Å². The number of rotatable bonds is 9. The maximum Gasteiger partial charge on any atom is 0.338 e. The minimum absolute atomic E-state index is 0.0290. The lowest BCUT2D eigenvalue weighted by atomic mass is 9.98. The van der Waals surface area contributed by atoms with Gasteiger partial charge in [-0.15, -0.1) is 0 Å². The van der Waals surface area contributed by atoms with Gasteiger partial charge in [0.15, 0.2) is 0 Å². The van der Waals surface area contributed by atoms with Crippen molar-refractivity contribution in [3.8, 4) is 28.0 Å². The van der Waals surface area contributed by atoms with E-state index < -0.39 is 17.9 Å². The normalized spacial score (nSPS) is 10.1. The Balaban J connectivity index is 1.65. The van der Waals surface area contributed by atoms with Crippen molar-refractivity contribution in [2.45, 2.75) is 6.92 Å². The van der Waals surface area contributed by atoms with Crippen molar-refractivity contribution >= 4 is 17.9 Å². The molecule has 0 aliphatic heterocycles. The third-order valence-electron chi connectivity index (χ3n) is 4.79. The summed E-state index contributed by atoms with van der Waals surface area (Å²) in [5, 5.41) is 0. The van der Waals surface area contributed by atoms with E-state index in [1.165, 1.54) is 0 Å². The number of hydrogen-bond donors (Lipinski definition) is 0. The maximum absolute atomic E-state index is 12.2. The predicted octanol–water partition coefficient (Wildman–Crippen LogP) is 5.39. The van der Waals surface area contributed by atoms with Crippen LogP contribution in [-0.4, -0.2) is 31.1 Å². The minimum Gasteiger partial charge on any atom is -0.459 e. The van der Waals surface area contributed by atoms with Crippen LogP contribution in [0.5, 0.6) is 5.75 Å². The Morgan fingerprint density at radius 2 is 1.35 bits per heavy atom. The van der Waals surface area contributed by atoms with Gasteiger partial charge in [-0.1, -0.05) is 55.6 Å². The Bertz CT molecular complexity index is 1210. The summed E-state index contributed by atoms with van der Waals surface area (Å²) in [6.07, 6.45) is 1.05. The standard InChI is InChI=1S/C28H24O6/c1-4-26(29)32-16-17-33-28(31)22-10-8-20(9-11-22)23-6-5-7-24(18-23)21-12-14-25(15-13-21)34-27(30)19(2)3/h4-15,18H,1-2,16-17H2,3H3.